The number of rotatable bonds is 6. The molecule has 0 spiro atoms. The number of aliphatic hydroxyl groups is 2. The van der Waals surface area contributed by atoms with E-state index in [9.17, 15) is 19.8 Å². The normalized spacial score (nSPS) is 12.3. The number of H-pyrrole nitrogens is 2. The van der Waals surface area contributed by atoms with Gasteiger partial charge in [-0.15, -0.1) is 20.4 Å². The number of aromatic nitrogens is 8. The Bertz CT molecular complexity index is 1200. The van der Waals surface area contributed by atoms with Gasteiger partial charge in [-0.1, -0.05) is 36.4 Å². The van der Waals surface area contributed by atoms with E-state index in [4.69, 9.17) is 0 Å². The van der Waals surface area contributed by atoms with Crippen molar-refractivity contribution in [3.8, 4) is 0 Å². The Labute approximate surface area is 166 Å². The second-order valence-electron chi connectivity index (χ2n) is 5.97. The van der Waals surface area contributed by atoms with Gasteiger partial charge >= 0.3 is 0 Å². The van der Waals surface area contributed by atoms with Crippen molar-refractivity contribution in [3.63, 3.8) is 0 Å². The van der Waals surface area contributed by atoms with Crippen LogP contribution in [0.15, 0.2) is 48.6 Å². The van der Waals surface area contributed by atoms with E-state index >= 15 is 0 Å². The van der Waals surface area contributed by atoms with Crippen LogP contribution >= 0.6 is 0 Å². The summed E-state index contributed by atoms with van der Waals surface area (Å²) in [6, 6.07) is 9.99. The summed E-state index contributed by atoms with van der Waals surface area (Å²) in [7, 11) is 0. The molecule has 4 rings (SSSR count). The van der Waals surface area contributed by atoms with Crippen LogP contribution in [0.2, 0.25) is 0 Å². The molecule has 0 atom stereocenters. The van der Waals surface area contributed by atoms with Crippen molar-refractivity contribution in [1.29, 1.82) is 0 Å². The number of nitrogens with one attached hydrogen (secondary N) is 2. The lowest BCUT2D eigenvalue weighted by molar-refractivity contribution is 0.102. The van der Waals surface area contributed by atoms with E-state index in [0.29, 0.717) is 10.8 Å². The molecule has 4 aromatic rings. The molecule has 0 aliphatic carbocycles. The molecule has 12 heteroatoms. The van der Waals surface area contributed by atoms with Gasteiger partial charge in [-0.05, 0) is 15.8 Å². The predicted molar refractivity (Wildman–Crippen MR) is 102 cm³/mol. The van der Waals surface area contributed by atoms with Gasteiger partial charge < -0.3 is 10.2 Å². The van der Waals surface area contributed by atoms with Crippen LogP contribution < -0.4 is 0 Å². The quantitative estimate of drug-likeness (QED) is 0.208. The van der Waals surface area contributed by atoms with Gasteiger partial charge in [-0.2, -0.15) is 10.4 Å². The topological polar surface area (TPSA) is 184 Å². The van der Waals surface area contributed by atoms with Gasteiger partial charge in [0.15, 0.2) is 0 Å². The van der Waals surface area contributed by atoms with E-state index in [-0.39, 0.29) is 34.3 Å². The monoisotopic (exact) mass is 404 g/mol. The molecule has 148 valence electrons. The van der Waals surface area contributed by atoms with E-state index in [1.165, 1.54) is 0 Å². The van der Waals surface area contributed by atoms with Crippen LogP contribution in [-0.4, -0.2) is 63.0 Å². The highest BCUT2D eigenvalue weighted by Crippen LogP contribution is 2.30. The molecule has 0 saturated carbocycles. The third-order valence-corrected chi connectivity index (χ3v) is 4.12. The molecule has 12 nitrogen and oxygen atoms in total. The largest absolute Gasteiger partial charge is 0.507 e. The number of allylic oxidation sites excluding steroid dienone is 2. The lowest BCUT2D eigenvalue weighted by Gasteiger charge is -2.11. The maximum Gasteiger partial charge on any atom is 0.244 e. The van der Waals surface area contributed by atoms with Gasteiger partial charge in [0.1, 0.15) is 11.5 Å². The van der Waals surface area contributed by atoms with Crippen molar-refractivity contribution >= 4 is 33.9 Å². The number of carbonyl (C=O) groups excluding carboxylic acids is 2. The summed E-state index contributed by atoms with van der Waals surface area (Å²) >= 11 is 0. The van der Waals surface area contributed by atoms with Crippen LogP contribution in [0.5, 0.6) is 0 Å². The highest BCUT2D eigenvalue weighted by Gasteiger charge is 2.17. The van der Waals surface area contributed by atoms with Crippen molar-refractivity contribution in [1.82, 2.24) is 41.2 Å². The smallest absolute Gasteiger partial charge is 0.244 e. The fourth-order valence-electron chi connectivity index (χ4n) is 2.83. The molecule has 0 unspecified atom stereocenters. The van der Waals surface area contributed by atoms with Crippen LogP contribution in [-0.2, 0) is 0 Å². The van der Waals surface area contributed by atoms with Gasteiger partial charge in [0, 0.05) is 28.7 Å². The number of benzene rings is 2. The first kappa shape index (κ1) is 18.6. The maximum atomic E-state index is 12.2. The molecule has 2 heterocycles. The number of aliphatic hydroxyl groups excluding tert-OH is 2. The molecule has 0 aliphatic heterocycles. The summed E-state index contributed by atoms with van der Waals surface area (Å²) in [5, 5.41) is 47.4. The van der Waals surface area contributed by atoms with Crippen molar-refractivity contribution in [2.45, 2.75) is 0 Å². The molecule has 2 aromatic carbocycles. The average Bonchev–Trinajstić information content (AvgIpc) is 3.47. The Morgan fingerprint density at radius 2 is 1.23 bits per heavy atom. The molecule has 30 heavy (non-hydrogen) atoms. The number of hydrogen-bond acceptors (Lipinski definition) is 10. The zero-order valence-corrected chi connectivity index (χ0v) is 15.0. The molecule has 0 aliphatic rings. The van der Waals surface area contributed by atoms with E-state index in [2.05, 4.69) is 41.2 Å². The molecule has 0 saturated heterocycles. The molecule has 4 N–H and O–H groups in total. The lowest BCUT2D eigenvalue weighted by Crippen LogP contribution is -2.01. The SMILES string of the molecule is O=C(/C=C(\O)c1cccc2cccc(/C(O)=C/C(=O)c3nn[nH]n3)c12)c1nn[nH]n1. The molecular weight excluding hydrogens is 392 g/mol. The first-order valence-electron chi connectivity index (χ1n) is 8.44. The number of fused-ring (bicyclic) bond motifs is 1. The summed E-state index contributed by atoms with van der Waals surface area (Å²) in [5.74, 6) is -2.50. The number of hydrogen-bond donors (Lipinski definition) is 4. The van der Waals surface area contributed by atoms with Gasteiger partial charge in [-0.3, -0.25) is 9.59 Å². The minimum absolute atomic E-state index is 0.213. The van der Waals surface area contributed by atoms with Crippen molar-refractivity contribution < 1.29 is 19.8 Å². The van der Waals surface area contributed by atoms with Crippen LogP contribution in [0.3, 0.4) is 0 Å². The third kappa shape index (κ3) is 3.52. The van der Waals surface area contributed by atoms with Gasteiger partial charge in [0.2, 0.25) is 23.2 Å². The molecular formula is C18H12N8O4. The summed E-state index contributed by atoms with van der Waals surface area (Å²) < 4.78 is 0. The minimum atomic E-state index is -0.664. The molecule has 0 radical (unpaired) electrons. The first-order valence-corrected chi connectivity index (χ1v) is 8.44. The Morgan fingerprint density at radius 1 is 0.767 bits per heavy atom. The predicted octanol–water partition coefficient (Wildman–Crippen LogP) is 1.43. The number of carbonyl (C=O) groups is 2. The summed E-state index contributed by atoms with van der Waals surface area (Å²) in [6.07, 6.45) is 1.89. The highest BCUT2D eigenvalue weighted by molar-refractivity contribution is 6.10. The molecule has 0 amide bonds. The van der Waals surface area contributed by atoms with Crippen LogP contribution in [0.1, 0.15) is 32.4 Å². The molecule has 2 aromatic heterocycles. The number of ketones is 2. The van der Waals surface area contributed by atoms with Crippen molar-refractivity contribution in [2.75, 3.05) is 0 Å². The second kappa shape index (κ2) is 7.71. The number of tetrazole rings is 2. The second-order valence-corrected chi connectivity index (χ2v) is 5.97. The van der Waals surface area contributed by atoms with Gasteiger partial charge in [0.05, 0.1) is 0 Å². The van der Waals surface area contributed by atoms with Gasteiger partial charge in [-0.25, -0.2) is 0 Å². The van der Waals surface area contributed by atoms with E-state index < -0.39 is 11.6 Å². The fraction of sp³-hybridized carbons (Fsp3) is 0. The summed E-state index contributed by atoms with van der Waals surface area (Å²) in [5.41, 5.74) is 0.513. The van der Waals surface area contributed by atoms with Crippen LogP contribution in [0.4, 0.5) is 0 Å². The highest BCUT2D eigenvalue weighted by atomic mass is 16.3. The van der Waals surface area contributed by atoms with Crippen molar-refractivity contribution in [3.05, 3.63) is 71.3 Å². The molecule has 0 bridgehead atoms. The summed E-state index contributed by atoms with van der Waals surface area (Å²) in [6.45, 7) is 0. The van der Waals surface area contributed by atoms with Crippen LogP contribution in [0, 0.1) is 0 Å². The number of aromatic amines is 2. The Kier molecular flexibility index (Phi) is 4.78. The number of nitrogens with zero attached hydrogens (tertiary/aromatic N) is 6. The van der Waals surface area contributed by atoms with E-state index in [0.717, 1.165) is 12.2 Å². The zero-order chi connectivity index (χ0) is 21.1. The Hall–Kier alpha value is -4.74. The minimum Gasteiger partial charge on any atom is -0.507 e. The van der Waals surface area contributed by atoms with Crippen molar-refractivity contribution in [2.24, 2.45) is 0 Å². The first-order chi connectivity index (χ1) is 14.5. The average molecular weight is 404 g/mol. The Balaban J connectivity index is 1.81. The molecule has 0 fully saturated rings. The lowest BCUT2D eigenvalue weighted by atomic mass is 9.96. The van der Waals surface area contributed by atoms with E-state index in [1.54, 1.807) is 36.4 Å². The fourth-order valence-corrected chi connectivity index (χ4v) is 2.83. The summed E-state index contributed by atoms with van der Waals surface area (Å²) in [4.78, 5) is 24.3. The van der Waals surface area contributed by atoms with Gasteiger partial charge in [0.25, 0.3) is 0 Å². The standard InChI is InChI=1S/C18H12N8O4/c27-12(7-14(29)17-19-23-24-20-17)10-5-1-3-9-4-2-6-11(16(9)10)13(28)8-15(30)18-21-25-26-22-18/h1-8,27-28H,(H,19,20,23,24)(H,21,22,25,26)/b12-7-,13-8-. The van der Waals surface area contributed by atoms with Crippen LogP contribution in [0.25, 0.3) is 22.3 Å². The third-order valence-electron chi connectivity index (χ3n) is 4.12. The Morgan fingerprint density at radius 3 is 1.63 bits per heavy atom. The maximum absolute atomic E-state index is 12.2. The van der Waals surface area contributed by atoms with E-state index in [1.807, 2.05) is 0 Å². The zero-order valence-electron chi connectivity index (χ0n) is 15.0.